The van der Waals surface area contributed by atoms with Crippen molar-refractivity contribution in [3.05, 3.63) is 49.4 Å². The molecule has 1 aromatic carbocycles. The first-order valence-electron chi connectivity index (χ1n) is 8.69. The minimum absolute atomic E-state index is 0.157. The first kappa shape index (κ1) is 21.4. The fraction of sp³-hybridized carbons (Fsp3) is 0.350. The summed E-state index contributed by atoms with van der Waals surface area (Å²) >= 11 is 1.08. The molecule has 0 spiro atoms. The highest BCUT2D eigenvalue weighted by atomic mass is 32.1. The molecule has 2 rings (SSSR count). The van der Waals surface area contributed by atoms with E-state index in [2.05, 4.69) is 5.32 Å². The number of thiazole rings is 1. The molecule has 0 saturated carbocycles. The highest BCUT2D eigenvalue weighted by molar-refractivity contribution is 7.07. The number of methoxy groups -OCH3 is 1. The number of aromatic nitrogens is 1. The van der Waals surface area contributed by atoms with Gasteiger partial charge in [0.2, 0.25) is 0 Å². The molecule has 0 fully saturated rings. The van der Waals surface area contributed by atoms with Crippen molar-refractivity contribution in [1.29, 1.82) is 5.26 Å². The number of hydrogen-bond acceptors (Lipinski definition) is 6. The number of carbonyl (C=O) groups is 1. The quantitative estimate of drug-likeness (QED) is 0.726. The van der Waals surface area contributed by atoms with Crippen molar-refractivity contribution in [2.75, 3.05) is 13.7 Å². The molecule has 2 N–H and O–H groups in total. The highest BCUT2D eigenvalue weighted by Crippen LogP contribution is 2.12. The maximum atomic E-state index is 12.8. The van der Waals surface area contributed by atoms with Crippen molar-refractivity contribution in [2.24, 2.45) is 0 Å². The van der Waals surface area contributed by atoms with Gasteiger partial charge in [0.15, 0.2) is 5.57 Å². The van der Waals surface area contributed by atoms with Gasteiger partial charge in [-0.15, -0.1) is 11.3 Å². The van der Waals surface area contributed by atoms with E-state index in [1.165, 1.54) is 4.57 Å². The molecule has 0 aliphatic carbocycles. The third-order valence-electron chi connectivity index (χ3n) is 4.02. The molecule has 2 aromatic rings. The molecule has 0 atom stereocenters. The standard InChI is InChI=1S/C20H23N3O4S/c1-5-23-18(26)16(10-13-7-6-8-14(9-13)27-4)28-19(23)15(11-21)17(25)22-20(2,3)12-24/h6-10,24H,5,12H2,1-4H3,(H,22,25)/b16-10-,19-15-. The fourth-order valence-electron chi connectivity index (χ4n) is 2.48. The number of hydrogen-bond donors (Lipinski definition) is 2. The van der Waals surface area contributed by atoms with Crippen LogP contribution in [0.3, 0.4) is 0 Å². The largest absolute Gasteiger partial charge is 0.497 e. The molecule has 0 aliphatic rings. The Labute approximate surface area is 166 Å². The van der Waals surface area contributed by atoms with Gasteiger partial charge in [0.1, 0.15) is 16.5 Å². The van der Waals surface area contributed by atoms with Gasteiger partial charge in [-0.05, 0) is 44.5 Å². The molecular formula is C20H23N3O4S. The van der Waals surface area contributed by atoms with Crippen molar-refractivity contribution in [3.63, 3.8) is 0 Å². The summed E-state index contributed by atoms with van der Waals surface area (Å²) in [5.41, 5.74) is -0.538. The second kappa shape index (κ2) is 8.87. The lowest BCUT2D eigenvalue weighted by molar-refractivity contribution is -0.117. The Morgan fingerprint density at radius 2 is 2.18 bits per heavy atom. The van der Waals surface area contributed by atoms with Gasteiger partial charge in [-0.25, -0.2) is 0 Å². The zero-order valence-corrected chi connectivity index (χ0v) is 17.1. The Morgan fingerprint density at radius 3 is 2.75 bits per heavy atom. The van der Waals surface area contributed by atoms with Crippen LogP contribution in [0.15, 0.2) is 29.1 Å². The van der Waals surface area contributed by atoms with Gasteiger partial charge in [-0.3, -0.25) is 14.2 Å². The zero-order valence-electron chi connectivity index (χ0n) is 16.3. The molecule has 28 heavy (non-hydrogen) atoms. The van der Waals surface area contributed by atoms with Crippen LogP contribution in [0, 0.1) is 11.3 Å². The van der Waals surface area contributed by atoms with E-state index in [0.29, 0.717) is 16.8 Å². The Hall–Kier alpha value is -2.89. The van der Waals surface area contributed by atoms with Gasteiger partial charge in [-0.1, -0.05) is 12.1 Å². The normalized spacial score (nSPS) is 13.1. The lowest BCUT2D eigenvalue weighted by Gasteiger charge is -2.22. The third-order valence-corrected chi connectivity index (χ3v) is 5.15. The molecule has 148 valence electrons. The number of rotatable bonds is 6. The average Bonchev–Trinajstić information content (AvgIpc) is 2.97. The van der Waals surface area contributed by atoms with Crippen molar-refractivity contribution in [3.8, 4) is 11.8 Å². The molecule has 0 bridgehead atoms. The topological polar surface area (TPSA) is 104 Å². The van der Waals surface area contributed by atoms with Crippen molar-refractivity contribution in [2.45, 2.75) is 32.9 Å². The van der Waals surface area contributed by atoms with Crippen LogP contribution in [0.2, 0.25) is 0 Å². The van der Waals surface area contributed by atoms with E-state index < -0.39 is 11.4 Å². The summed E-state index contributed by atoms with van der Waals surface area (Å²) in [6, 6.07) is 9.15. The van der Waals surface area contributed by atoms with Gasteiger partial charge in [0.25, 0.3) is 11.5 Å². The smallest absolute Gasteiger partial charge is 0.269 e. The van der Waals surface area contributed by atoms with Crippen molar-refractivity contribution in [1.82, 2.24) is 9.88 Å². The maximum absolute atomic E-state index is 12.8. The van der Waals surface area contributed by atoms with Crippen molar-refractivity contribution >= 4 is 28.9 Å². The van der Waals surface area contributed by atoms with Crippen LogP contribution >= 0.6 is 11.3 Å². The van der Waals surface area contributed by atoms with Gasteiger partial charge < -0.3 is 15.2 Å². The molecule has 1 amide bonds. The zero-order chi connectivity index (χ0) is 20.9. The Bertz CT molecular complexity index is 1090. The summed E-state index contributed by atoms with van der Waals surface area (Å²) in [4.78, 5) is 25.3. The van der Waals surface area contributed by atoms with E-state index in [4.69, 9.17) is 4.74 Å². The van der Waals surface area contributed by atoms with Gasteiger partial charge >= 0.3 is 0 Å². The van der Waals surface area contributed by atoms with Crippen molar-refractivity contribution < 1.29 is 14.6 Å². The van der Waals surface area contributed by atoms with E-state index in [1.54, 1.807) is 46.1 Å². The second-order valence-corrected chi connectivity index (χ2v) is 7.76. The van der Waals surface area contributed by atoms with Crippen LogP contribution in [0.4, 0.5) is 0 Å². The summed E-state index contributed by atoms with van der Waals surface area (Å²) in [5, 5.41) is 21.5. The molecular weight excluding hydrogens is 378 g/mol. The van der Waals surface area contributed by atoms with Crippen LogP contribution in [0.5, 0.6) is 5.75 Å². The molecule has 1 aromatic heterocycles. The summed E-state index contributed by atoms with van der Waals surface area (Å²) in [6.45, 7) is 5.10. The van der Waals surface area contributed by atoms with Crippen LogP contribution < -0.4 is 24.8 Å². The van der Waals surface area contributed by atoms with E-state index in [1.807, 2.05) is 18.2 Å². The predicted molar refractivity (Wildman–Crippen MR) is 108 cm³/mol. The number of carbonyl (C=O) groups excluding carboxylic acids is 1. The summed E-state index contributed by atoms with van der Waals surface area (Å²) in [7, 11) is 1.56. The molecule has 7 nitrogen and oxygen atoms in total. The number of nitrogens with one attached hydrogen (secondary N) is 1. The first-order chi connectivity index (χ1) is 13.3. The SMILES string of the molecule is CCn1c(=O)/c(=C/c2cccc(OC)c2)s/c1=C(/C#N)C(=O)NC(C)(C)CO. The summed E-state index contributed by atoms with van der Waals surface area (Å²) < 4.78 is 7.30. The number of aliphatic hydroxyl groups excluding tert-OH is 1. The third kappa shape index (κ3) is 4.68. The average molecular weight is 401 g/mol. The number of ether oxygens (including phenoxy) is 1. The van der Waals surface area contributed by atoms with E-state index in [0.717, 1.165) is 16.9 Å². The van der Waals surface area contributed by atoms with E-state index in [-0.39, 0.29) is 22.4 Å². The lowest BCUT2D eigenvalue weighted by atomic mass is 10.1. The van der Waals surface area contributed by atoms with Gasteiger partial charge in [0, 0.05) is 6.54 Å². The molecule has 0 aliphatic heterocycles. The number of aliphatic hydroxyl groups is 1. The minimum Gasteiger partial charge on any atom is -0.497 e. The molecule has 0 radical (unpaired) electrons. The number of nitrogens with zero attached hydrogens (tertiary/aromatic N) is 2. The second-order valence-electron chi connectivity index (χ2n) is 6.72. The molecule has 1 heterocycles. The maximum Gasteiger partial charge on any atom is 0.269 e. The monoisotopic (exact) mass is 401 g/mol. The molecule has 8 heteroatoms. The number of nitriles is 1. The van der Waals surface area contributed by atoms with E-state index >= 15 is 0 Å². The summed E-state index contributed by atoms with van der Waals surface area (Å²) in [6.07, 6.45) is 1.70. The fourth-order valence-corrected chi connectivity index (χ4v) is 3.64. The van der Waals surface area contributed by atoms with E-state index in [9.17, 15) is 20.0 Å². The summed E-state index contributed by atoms with van der Waals surface area (Å²) in [5.74, 6) is 0.0363. The van der Waals surface area contributed by atoms with Crippen LogP contribution in [-0.4, -0.2) is 34.8 Å². The molecule has 0 unspecified atom stereocenters. The number of amides is 1. The minimum atomic E-state index is -0.886. The highest BCUT2D eigenvalue weighted by Gasteiger charge is 2.23. The predicted octanol–water partition coefficient (Wildman–Crippen LogP) is 0.328. The molecule has 0 saturated heterocycles. The van der Waals surface area contributed by atoms with Gasteiger partial charge in [-0.2, -0.15) is 5.26 Å². The lowest BCUT2D eigenvalue weighted by Crippen LogP contribution is -2.47. The Kier molecular flexibility index (Phi) is 6.78. The van der Waals surface area contributed by atoms with Crippen LogP contribution in [-0.2, 0) is 11.3 Å². The van der Waals surface area contributed by atoms with Gasteiger partial charge in [0.05, 0.1) is 23.8 Å². The Morgan fingerprint density at radius 1 is 1.46 bits per heavy atom. The number of benzene rings is 1. The van der Waals surface area contributed by atoms with Crippen LogP contribution in [0.25, 0.3) is 11.6 Å². The van der Waals surface area contributed by atoms with Crippen LogP contribution in [0.1, 0.15) is 26.3 Å². The Balaban J connectivity index is 2.68. The first-order valence-corrected chi connectivity index (χ1v) is 9.51.